The summed E-state index contributed by atoms with van der Waals surface area (Å²) in [6.45, 7) is 5.87. The van der Waals surface area contributed by atoms with E-state index in [4.69, 9.17) is 0 Å². The molecule has 2 heteroatoms. The molecule has 2 nitrogen and oxygen atoms in total. The normalized spacial score (nSPS) is 18.3. The smallest absolute Gasteiger partial charge is 0.00221 e. The molecule has 4 rings (SSSR count). The molecule has 0 amide bonds. The van der Waals surface area contributed by atoms with Gasteiger partial charge in [0.25, 0.3) is 0 Å². The molecule has 0 atom stereocenters. The van der Waals surface area contributed by atoms with E-state index in [1.807, 2.05) is 0 Å². The Hall–Kier alpha value is -2.42. The van der Waals surface area contributed by atoms with Gasteiger partial charge in [0.15, 0.2) is 0 Å². The first-order chi connectivity index (χ1) is 16.8. The van der Waals surface area contributed by atoms with Gasteiger partial charge in [0.05, 0.1) is 0 Å². The minimum Gasteiger partial charge on any atom is -0.316 e. The number of rotatable bonds is 13. The van der Waals surface area contributed by atoms with E-state index in [0.717, 1.165) is 50.7 Å². The fourth-order valence-electron chi connectivity index (χ4n) is 5.33. The monoisotopic (exact) mass is 454 g/mol. The first-order valence-electron chi connectivity index (χ1n) is 13.4. The maximum absolute atomic E-state index is 3.73. The van der Waals surface area contributed by atoms with Gasteiger partial charge in [0.2, 0.25) is 0 Å². The zero-order valence-electron chi connectivity index (χ0n) is 20.7. The number of nitrogens with one attached hydrogen (secondary N) is 1. The maximum Gasteiger partial charge on any atom is 0.00221 e. The van der Waals surface area contributed by atoms with Gasteiger partial charge in [-0.15, -0.1) is 0 Å². The van der Waals surface area contributed by atoms with E-state index in [9.17, 15) is 0 Å². The van der Waals surface area contributed by atoms with Crippen LogP contribution >= 0.6 is 0 Å². The van der Waals surface area contributed by atoms with Crippen LogP contribution in [0.15, 0.2) is 91.0 Å². The van der Waals surface area contributed by atoms with Crippen LogP contribution in [0, 0.1) is 11.8 Å². The summed E-state index contributed by atoms with van der Waals surface area (Å²) >= 11 is 0. The third-order valence-corrected chi connectivity index (χ3v) is 7.47. The second-order valence-corrected chi connectivity index (χ2v) is 10.1. The predicted octanol–water partition coefficient (Wildman–Crippen LogP) is 6.41. The molecule has 1 N–H and O–H groups in total. The van der Waals surface area contributed by atoms with Crippen molar-refractivity contribution in [2.24, 2.45) is 11.8 Å². The number of nitrogens with zero attached hydrogens (tertiary/aromatic N) is 1. The van der Waals surface area contributed by atoms with Gasteiger partial charge in [-0.25, -0.2) is 0 Å². The molecule has 1 fully saturated rings. The molecule has 0 bridgehead atoms. The summed E-state index contributed by atoms with van der Waals surface area (Å²) in [5, 5.41) is 3.73. The Balaban J connectivity index is 1.19. The van der Waals surface area contributed by atoms with Crippen LogP contribution in [0.4, 0.5) is 0 Å². The van der Waals surface area contributed by atoms with E-state index in [2.05, 4.69) is 101 Å². The lowest BCUT2D eigenvalue weighted by Gasteiger charge is -2.33. The minimum atomic E-state index is 0.854. The Bertz CT molecular complexity index is 858. The van der Waals surface area contributed by atoms with Crippen LogP contribution < -0.4 is 5.32 Å². The molecule has 34 heavy (non-hydrogen) atoms. The Labute approximate surface area is 207 Å². The van der Waals surface area contributed by atoms with Gasteiger partial charge in [-0.2, -0.15) is 0 Å². The molecule has 3 aromatic carbocycles. The molecule has 1 aliphatic carbocycles. The quantitative estimate of drug-likeness (QED) is 0.300. The number of hydrogen-bond acceptors (Lipinski definition) is 2. The van der Waals surface area contributed by atoms with Crippen LogP contribution in [-0.4, -0.2) is 37.6 Å². The summed E-state index contributed by atoms with van der Waals surface area (Å²) in [6.07, 6.45) is 8.97. The van der Waals surface area contributed by atoms with E-state index in [1.54, 1.807) is 0 Å². The molecule has 1 saturated carbocycles. The van der Waals surface area contributed by atoms with Crippen LogP contribution in [-0.2, 0) is 19.3 Å². The first kappa shape index (κ1) is 24.7. The summed E-state index contributed by atoms with van der Waals surface area (Å²) in [6, 6.07) is 32.8. The largest absolute Gasteiger partial charge is 0.316 e. The Morgan fingerprint density at radius 3 is 1.50 bits per heavy atom. The van der Waals surface area contributed by atoms with Gasteiger partial charge in [-0.05, 0) is 86.6 Å². The van der Waals surface area contributed by atoms with Gasteiger partial charge in [0, 0.05) is 19.6 Å². The van der Waals surface area contributed by atoms with Crippen molar-refractivity contribution in [1.29, 1.82) is 0 Å². The maximum atomic E-state index is 3.73. The lowest BCUT2D eigenvalue weighted by molar-refractivity contribution is 0.181. The van der Waals surface area contributed by atoms with Crippen LogP contribution in [0.1, 0.15) is 42.4 Å². The molecule has 1 aliphatic rings. The molecule has 0 saturated heterocycles. The van der Waals surface area contributed by atoms with Gasteiger partial charge in [-0.3, -0.25) is 0 Å². The van der Waals surface area contributed by atoms with Crippen molar-refractivity contribution in [2.45, 2.75) is 44.9 Å². The van der Waals surface area contributed by atoms with Gasteiger partial charge >= 0.3 is 0 Å². The van der Waals surface area contributed by atoms with Crippen molar-refractivity contribution < 1.29 is 0 Å². The summed E-state index contributed by atoms with van der Waals surface area (Å²) in [7, 11) is 0. The second-order valence-electron chi connectivity index (χ2n) is 10.1. The molecular weight excluding hydrogens is 412 g/mol. The highest BCUT2D eigenvalue weighted by atomic mass is 15.1. The SMILES string of the molecule is c1ccc(CCNCC2CCC(CN(CCc3ccccc3)CCc3ccccc3)CC2)cc1. The highest BCUT2D eigenvalue weighted by Crippen LogP contribution is 2.29. The first-order valence-corrected chi connectivity index (χ1v) is 13.4. The van der Waals surface area contributed by atoms with Crippen LogP contribution in [0.3, 0.4) is 0 Å². The predicted molar refractivity (Wildman–Crippen MR) is 145 cm³/mol. The van der Waals surface area contributed by atoms with Crippen molar-refractivity contribution in [3.05, 3.63) is 108 Å². The van der Waals surface area contributed by atoms with E-state index < -0.39 is 0 Å². The molecule has 0 spiro atoms. The van der Waals surface area contributed by atoms with Crippen LogP contribution in [0.2, 0.25) is 0 Å². The molecule has 0 radical (unpaired) electrons. The molecule has 0 heterocycles. The van der Waals surface area contributed by atoms with Crippen LogP contribution in [0.5, 0.6) is 0 Å². The minimum absolute atomic E-state index is 0.854. The summed E-state index contributed by atoms with van der Waals surface area (Å²) in [4.78, 5) is 2.74. The van der Waals surface area contributed by atoms with E-state index in [0.29, 0.717) is 0 Å². The highest BCUT2D eigenvalue weighted by molar-refractivity contribution is 5.16. The van der Waals surface area contributed by atoms with Gasteiger partial charge in [-0.1, -0.05) is 91.0 Å². The Morgan fingerprint density at radius 2 is 1.00 bits per heavy atom. The molecule has 0 unspecified atom stereocenters. The number of hydrogen-bond donors (Lipinski definition) is 1. The lowest BCUT2D eigenvalue weighted by Crippen LogP contribution is -2.36. The zero-order valence-corrected chi connectivity index (χ0v) is 20.7. The molecule has 180 valence electrons. The van der Waals surface area contributed by atoms with Crippen molar-refractivity contribution in [1.82, 2.24) is 10.2 Å². The fraction of sp³-hybridized carbons (Fsp3) is 0.438. The Kier molecular flexibility index (Phi) is 10.2. The summed E-state index contributed by atoms with van der Waals surface area (Å²) in [5.41, 5.74) is 4.35. The van der Waals surface area contributed by atoms with Crippen molar-refractivity contribution in [3.63, 3.8) is 0 Å². The fourth-order valence-corrected chi connectivity index (χ4v) is 5.33. The molecule has 3 aromatic rings. The third-order valence-electron chi connectivity index (χ3n) is 7.47. The van der Waals surface area contributed by atoms with Crippen molar-refractivity contribution in [2.75, 3.05) is 32.7 Å². The molecular formula is C32H42N2. The van der Waals surface area contributed by atoms with E-state index in [-0.39, 0.29) is 0 Å². The van der Waals surface area contributed by atoms with E-state index >= 15 is 0 Å². The van der Waals surface area contributed by atoms with E-state index in [1.165, 1.54) is 55.5 Å². The lowest BCUT2D eigenvalue weighted by atomic mass is 9.81. The van der Waals surface area contributed by atoms with Gasteiger partial charge in [0.1, 0.15) is 0 Å². The zero-order chi connectivity index (χ0) is 23.3. The molecule has 0 aromatic heterocycles. The standard InChI is InChI=1S/C32H42N2/c1-4-10-28(11-5-1)20-23-33-26-31-16-18-32(19-17-31)27-34(24-21-29-12-6-2-7-13-29)25-22-30-14-8-3-9-15-30/h1-15,31-33H,16-27H2. The van der Waals surface area contributed by atoms with Crippen molar-refractivity contribution in [3.8, 4) is 0 Å². The summed E-state index contributed by atoms with van der Waals surface area (Å²) in [5.74, 6) is 1.71. The average Bonchev–Trinajstić information content (AvgIpc) is 2.91. The van der Waals surface area contributed by atoms with Gasteiger partial charge < -0.3 is 10.2 Å². The Morgan fingerprint density at radius 1 is 0.559 bits per heavy atom. The highest BCUT2D eigenvalue weighted by Gasteiger charge is 2.22. The van der Waals surface area contributed by atoms with Crippen LogP contribution in [0.25, 0.3) is 0 Å². The molecule has 0 aliphatic heterocycles. The average molecular weight is 455 g/mol. The van der Waals surface area contributed by atoms with Crippen molar-refractivity contribution >= 4 is 0 Å². The third kappa shape index (κ3) is 8.74. The topological polar surface area (TPSA) is 15.3 Å². The number of benzene rings is 3. The second kappa shape index (κ2) is 14.1. The summed E-state index contributed by atoms with van der Waals surface area (Å²) < 4.78 is 0.